The Labute approximate surface area is 134 Å². The predicted molar refractivity (Wildman–Crippen MR) is 91.5 cm³/mol. The van der Waals surface area contributed by atoms with E-state index < -0.39 is 0 Å². The SMILES string of the molecule is CCCCOCOCCC=CCCCCCCCCBr. The van der Waals surface area contributed by atoms with Crippen LogP contribution in [0.25, 0.3) is 0 Å². The zero-order valence-corrected chi connectivity index (χ0v) is 14.8. The van der Waals surface area contributed by atoms with Crippen LogP contribution in [-0.2, 0) is 9.47 Å². The van der Waals surface area contributed by atoms with Crippen molar-refractivity contribution in [1.29, 1.82) is 0 Å². The molecule has 0 bridgehead atoms. The molecule has 0 radical (unpaired) electrons. The van der Waals surface area contributed by atoms with Gasteiger partial charge < -0.3 is 9.47 Å². The Morgan fingerprint density at radius 3 is 2.15 bits per heavy atom. The standard InChI is InChI=1S/C17H33BrO2/c1-2-3-15-19-17-20-16-13-11-9-7-5-4-6-8-10-12-14-18/h9,11H,2-8,10,12-17H2,1H3. The second-order valence-electron chi connectivity index (χ2n) is 5.15. The summed E-state index contributed by atoms with van der Waals surface area (Å²) in [5.74, 6) is 0. The third-order valence-corrected chi connectivity index (χ3v) is 3.72. The van der Waals surface area contributed by atoms with Gasteiger partial charge in [0.05, 0.1) is 6.61 Å². The van der Waals surface area contributed by atoms with Crippen molar-refractivity contribution in [3.05, 3.63) is 12.2 Å². The van der Waals surface area contributed by atoms with E-state index in [1.807, 2.05) is 0 Å². The van der Waals surface area contributed by atoms with E-state index >= 15 is 0 Å². The lowest BCUT2D eigenvalue weighted by atomic mass is 10.1. The lowest BCUT2D eigenvalue weighted by Gasteiger charge is -2.03. The molecule has 0 saturated carbocycles. The average molecular weight is 349 g/mol. The van der Waals surface area contributed by atoms with Crippen molar-refractivity contribution in [2.75, 3.05) is 25.3 Å². The van der Waals surface area contributed by atoms with E-state index in [9.17, 15) is 0 Å². The summed E-state index contributed by atoms with van der Waals surface area (Å²) in [7, 11) is 0. The lowest BCUT2D eigenvalue weighted by Crippen LogP contribution is -2.02. The molecular weight excluding hydrogens is 316 g/mol. The first kappa shape index (κ1) is 20.1. The number of alkyl halides is 1. The molecule has 0 saturated heterocycles. The fourth-order valence-corrected chi connectivity index (χ4v) is 2.27. The molecule has 0 spiro atoms. The summed E-state index contributed by atoms with van der Waals surface area (Å²) >= 11 is 3.47. The van der Waals surface area contributed by atoms with Crippen LogP contribution in [0.4, 0.5) is 0 Å². The van der Waals surface area contributed by atoms with Crippen molar-refractivity contribution in [3.8, 4) is 0 Å². The van der Waals surface area contributed by atoms with Crippen LogP contribution in [0.3, 0.4) is 0 Å². The summed E-state index contributed by atoms with van der Waals surface area (Å²) in [5, 5.41) is 1.15. The minimum absolute atomic E-state index is 0.447. The number of ether oxygens (including phenoxy) is 2. The molecule has 2 nitrogen and oxygen atoms in total. The molecule has 0 heterocycles. The zero-order chi connectivity index (χ0) is 14.7. The molecule has 0 aromatic carbocycles. The number of hydrogen-bond donors (Lipinski definition) is 0. The molecule has 0 atom stereocenters. The first-order valence-electron chi connectivity index (χ1n) is 8.28. The van der Waals surface area contributed by atoms with Gasteiger partial charge >= 0.3 is 0 Å². The Balaban J connectivity index is 3.01. The van der Waals surface area contributed by atoms with Gasteiger partial charge in [0.1, 0.15) is 6.79 Å². The van der Waals surface area contributed by atoms with E-state index in [4.69, 9.17) is 9.47 Å². The Bertz CT molecular complexity index is 175. The Hall–Kier alpha value is 0.140. The lowest BCUT2D eigenvalue weighted by molar-refractivity contribution is -0.0528. The van der Waals surface area contributed by atoms with Crippen LogP contribution in [-0.4, -0.2) is 25.3 Å². The highest BCUT2D eigenvalue weighted by atomic mass is 79.9. The molecule has 3 heteroatoms. The van der Waals surface area contributed by atoms with E-state index in [1.165, 1.54) is 51.4 Å². The monoisotopic (exact) mass is 348 g/mol. The minimum Gasteiger partial charge on any atom is -0.355 e. The predicted octanol–water partition coefficient (Wildman–Crippen LogP) is 5.85. The summed E-state index contributed by atoms with van der Waals surface area (Å²) in [6.07, 6.45) is 17.2. The number of allylic oxidation sites excluding steroid dienone is 1. The van der Waals surface area contributed by atoms with Crippen molar-refractivity contribution in [3.63, 3.8) is 0 Å². The maximum atomic E-state index is 5.39. The van der Waals surface area contributed by atoms with E-state index in [2.05, 4.69) is 35.0 Å². The van der Waals surface area contributed by atoms with E-state index in [1.54, 1.807) is 0 Å². The quantitative estimate of drug-likeness (QED) is 0.151. The van der Waals surface area contributed by atoms with Gasteiger partial charge in [-0.2, -0.15) is 0 Å². The maximum absolute atomic E-state index is 5.39. The second-order valence-corrected chi connectivity index (χ2v) is 5.94. The highest BCUT2D eigenvalue weighted by Gasteiger charge is 1.90. The summed E-state index contributed by atoms with van der Waals surface area (Å²) in [4.78, 5) is 0. The molecule has 0 fully saturated rings. The maximum Gasteiger partial charge on any atom is 0.146 e. The molecule has 0 rings (SSSR count). The second kappa shape index (κ2) is 19.1. The Morgan fingerprint density at radius 2 is 1.40 bits per heavy atom. The summed E-state index contributed by atoms with van der Waals surface area (Å²) in [5.41, 5.74) is 0. The van der Waals surface area contributed by atoms with Crippen molar-refractivity contribution in [1.82, 2.24) is 0 Å². The number of halogens is 1. The third-order valence-electron chi connectivity index (χ3n) is 3.16. The van der Waals surface area contributed by atoms with Gasteiger partial charge in [-0.15, -0.1) is 0 Å². The molecule has 0 aliphatic heterocycles. The number of rotatable bonds is 16. The molecule has 0 aliphatic rings. The van der Waals surface area contributed by atoms with Crippen molar-refractivity contribution >= 4 is 15.9 Å². The molecule has 0 N–H and O–H groups in total. The Kier molecular flexibility index (Phi) is 19.3. The summed E-state index contributed by atoms with van der Waals surface area (Å²) < 4.78 is 10.7. The van der Waals surface area contributed by atoms with Crippen LogP contribution >= 0.6 is 15.9 Å². The van der Waals surface area contributed by atoms with Gasteiger partial charge in [0.15, 0.2) is 0 Å². The smallest absolute Gasteiger partial charge is 0.146 e. The molecule has 0 aromatic rings. The van der Waals surface area contributed by atoms with Crippen LogP contribution in [0, 0.1) is 0 Å². The van der Waals surface area contributed by atoms with Crippen LogP contribution in [0.1, 0.15) is 71.1 Å². The molecule has 0 amide bonds. The molecule has 20 heavy (non-hydrogen) atoms. The van der Waals surface area contributed by atoms with Crippen molar-refractivity contribution in [2.45, 2.75) is 71.1 Å². The first-order valence-corrected chi connectivity index (χ1v) is 9.40. The minimum atomic E-state index is 0.447. The van der Waals surface area contributed by atoms with Gasteiger partial charge in [-0.1, -0.05) is 67.1 Å². The molecule has 0 aromatic heterocycles. The van der Waals surface area contributed by atoms with Crippen molar-refractivity contribution in [2.24, 2.45) is 0 Å². The third kappa shape index (κ3) is 18.1. The molecule has 0 aliphatic carbocycles. The van der Waals surface area contributed by atoms with Crippen LogP contribution in [0.15, 0.2) is 12.2 Å². The highest BCUT2D eigenvalue weighted by Crippen LogP contribution is 2.08. The van der Waals surface area contributed by atoms with Gasteiger partial charge in [0, 0.05) is 11.9 Å². The van der Waals surface area contributed by atoms with Gasteiger partial charge in [-0.3, -0.25) is 0 Å². The van der Waals surface area contributed by atoms with Crippen molar-refractivity contribution < 1.29 is 9.47 Å². The number of hydrogen-bond acceptors (Lipinski definition) is 2. The highest BCUT2D eigenvalue weighted by molar-refractivity contribution is 9.09. The fourth-order valence-electron chi connectivity index (χ4n) is 1.87. The average Bonchev–Trinajstić information content (AvgIpc) is 2.47. The van der Waals surface area contributed by atoms with E-state index in [-0.39, 0.29) is 0 Å². The van der Waals surface area contributed by atoms with E-state index in [0.717, 1.165) is 31.4 Å². The Morgan fingerprint density at radius 1 is 0.750 bits per heavy atom. The van der Waals surface area contributed by atoms with E-state index in [0.29, 0.717) is 6.79 Å². The molecule has 120 valence electrons. The van der Waals surface area contributed by atoms with Gasteiger partial charge in [0.2, 0.25) is 0 Å². The first-order chi connectivity index (χ1) is 9.91. The summed E-state index contributed by atoms with van der Waals surface area (Å²) in [6.45, 7) is 4.21. The van der Waals surface area contributed by atoms with Crippen LogP contribution < -0.4 is 0 Å². The molecular formula is C17H33BrO2. The van der Waals surface area contributed by atoms with Gasteiger partial charge in [-0.05, 0) is 32.1 Å². The summed E-state index contributed by atoms with van der Waals surface area (Å²) in [6, 6.07) is 0. The number of unbranched alkanes of at least 4 members (excludes halogenated alkanes) is 7. The van der Waals surface area contributed by atoms with Crippen LogP contribution in [0.5, 0.6) is 0 Å². The normalized spacial score (nSPS) is 11.5. The largest absolute Gasteiger partial charge is 0.355 e. The van der Waals surface area contributed by atoms with Crippen LogP contribution in [0.2, 0.25) is 0 Å². The van der Waals surface area contributed by atoms with Gasteiger partial charge in [-0.25, -0.2) is 0 Å². The fraction of sp³-hybridized carbons (Fsp3) is 0.882. The molecule has 0 unspecified atom stereocenters. The zero-order valence-electron chi connectivity index (χ0n) is 13.2. The van der Waals surface area contributed by atoms with Gasteiger partial charge in [0.25, 0.3) is 0 Å². The topological polar surface area (TPSA) is 18.5 Å².